The van der Waals surface area contributed by atoms with Crippen LogP contribution in [0.2, 0.25) is 0 Å². The van der Waals surface area contributed by atoms with Gasteiger partial charge in [0.2, 0.25) is 0 Å². The first-order valence-corrected chi connectivity index (χ1v) is 7.02. The van der Waals surface area contributed by atoms with E-state index in [4.69, 9.17) is 5.73 Å². The fourth-order valence-corrected chi connectivity index (χ4v) is 2.52. The smallest absolute Gasteiger partial charge is 0.0180 e. The zero-order valence-electron chi connectivity index (χ0n) is 11.9. The van der Waals surface area contributed by atoms with Crippen molar-refractivity contribution in [1.29, 1.82) is 0 Å². The summed E-state index contributed by atoms with van der Waals surface area (Å²) in [5, 5.41) is 0. The molecular weight excluding hydrogens is 220 g/mol. The molecule has 1 heterocycles. The van der Waals surface area contributed by atoms with Gasteiger partial charge >= 0.3 is 0 Å². The first kappa shape index (κ1) is 13.6. The van der Waals surface area contributed by atoms with Gasteiger partial charge in [-0.05, 0) is 35.9 Å². The van der Waals surface area contributed by atoms with E-state index in [9.17, 15) is 0 Å². The molecule has 0 aliphatic carbocycles. The second kappa shape index (κ2) is 5.41. The Kier molecular flexibility index (Phi) is 4.08. The zero-order chi connectivity index (χ0) is 13.2. The molecule has 1 aliphatic heterocycles. The molecule has 0 amide bonds. The van der Waals surface area contributed by atoms with Gasteiger partial charge in [0.05, 0.1) is 0 Å². The number of rotatable bonds is 3. The summed E-state index contributed by atoms with van der Waals surface area (Å²) in [7, 11) is 0. The number of hydrogen-bond acceptors (Lipinski definition) is 2. The topological polar surface area (TPSA) is 29.3 Å². The van der Waals surface area contributed by atoms with Crippen LogP contribution in [0, 0.1) is 0 Å². The summed E-state index contributed by atoms with van der Waals surface area (Å²) < 4.78 is 0. The largest absolute Gasteiger partial charge is 0.326 e. The molecule has 1 atom stereocenters. The van der Waals surface area contributed by atoms with E-state index < -0.39 is 0 Å². The van der Waals surface area contributed by atoms with Crippen molar-refractivity contribution in [3.05, 3.63) is 35.4 Å². The van der Waals surface area contributed by atoms with Crippen molar-refractivity contribution in [2.24, 2.45) is 5.73 Å². The Morgan fingerprint density at radius 2 is 1.89 bits per heavy atom. The maximum absolute atomic E-state index is 5.92. The van der Waals surface area contributed by atoms with Gasteiger partial charge in [-0.2, -0.15) is 0 Å². The molecule has 0 aromatic heterocycles. The van der Waals surface area contributed by atoms with Gasteiger partial charge in [-0.3, -0.25) is 0 Å². The highest BCUT2D eigenvalue weighted by molar-refractivity contribution is 5.27. The molecule has 1 fully saturated rings. The molecule has 0 radical (unpaired) electrons. The van der Waals surface area contributed by atoms with Crippen molar-refractivity contribution >= 4 is 0 Å². The van der Waals surface area contributed by atoms with Gasteiger partial charge in [-0.25, -0.2) is 0 Å². The van der Waals surface area contributed by atoms with Crippen molar-refractivity contribution in [3.63, 3.8) is 0 Å². The molecule has 1 aliphatic rings. The van der Waals surface area contributed by atoms with Gasteiger partial charge in [0.15, 0.2) is 0 Å². The Labute approximate surface area is 111 Å². The van der Waals surface area contributed by atoms with Crippen molar-refractivity contribution < 1.29 is 0 Å². The number of likely N-dealkylation sites (tertiary alicyclic amines) is 1. The normalized spacial score (nSPS) is 21.4. The molecule has 1 aromatic rings. The highest BCUT2D eigenvalue weighted by Crippen LogP contribution is 2.22. The summed E-state index contributed by atoms with van der Waals surface area (Å²) in [5.74, 6) is 0. The summed E-state index contributed by atoms with van der Waals surface area (Å²) >= 11 is 0. The average Bonchev–Trinajstić information content (AvgIpc) is 2.72. The van der Waals surface area contributed by atoms with Crippen molar-refractivity contribution in [1.82, 2.24) is 4.90 Å². The van der Waals surface area contributed by atoms with Gasteiger partial charge < -0.3 is 10.6 Å². The van der Waals surface area contributed by atoms with Crippen LogP contribution in [-0.2, 0) is 11.8 Å². The summed E-state index contributed by atoms with van der Waals surface area (Å²) in [4.78, 5) is 2.47. The molecule has 18 heavy (non-hydrogen) atoms. The van der Waals surface area contributed by atoms with Crippen molar-refractivity contribution in [3.8, 4) is 0 Å². The number of nitrogens with two attached hydrogens (primary N) is 1. The number of hydrogen-bond donors (Lipinski definition) is 1. The van der Waals surface area contributed by atoms with Gasteiger partial charge in [-0.15, -0.1) is 0 Å². The highest BCUT2D eigenvalue weighted by atomic mass is 15.2. The van der Waals surface area contributed by atoms with Crippen molar-refractivity contribution in [2.45, 2.75) is 45.1 Å². The van der Waals surface area contributed by atoms with E-state index in [0.717, 1.165) is 25.9 Å². The quantitative estimate of drug-likeness (QED) is 0.888. The Hall–Kier alpha value is -0.860. The van der Waals surface area contributed by atoms with Crippen LogP contribution in [0.1, 0.15) is 38.3 Å². The Morgan fingerprint density at radius 3 is 2.39 bits per heavy atom. The fourth-order valence-electron chi connectivity index (χ4n) is 2.52. The van der Waals surface area contributed by atoms with Crippen LogP contribution >= 0.6 is 0 Å². The second-order valence-electron chi connectivity index (χ2n) is 6.55. The molecule has 2 N–H and O–H groups in total. The molecule has 2 rings (SSSR count). The lowest BCUT2D eigenvalue weighted by molar-refractivity contribution is 0.339. The third-order valence-corrected chi connectivity index (χ3v) is 3.85. The third-order valence-electron chi connectivity index (χ3n) is 3.85. The average molecular weight is 246 g/mol. The van der Waals surface area contributed by atoms with Crippen molar-refractivity contribution in [2.75, 3.05) is 19.6 Å². The van der Waals surface area contributed by atoms with E-state index in [1.54, 1.807) is 0 Å². The van der Waals surface area contributed by atoms with E-state index >= 15 is 0 Å². The molecule has 100 valence electrons. The molecule has 1 aromatic carbocycles. The molecule has 0 saturated carbocycles. The first-order valence-electron chi connectivity index (χ1n) is 7.02. The van der Waals surface area contributed by atoms with Crippen LogP contribution < -0.4 is 5.73 Å². The van der Waals surface area contributed by atoms with E-state index in [1.807, 2.05) is 0 Å². The number of nitrogens with zero attached hydrogens (tertiary/aromatic N) is 1. The van der Waals surface area contributed by atoms with E-state index in [0.29, 0.717) is 6.04 Å². The zero-order valence-corrected chi connectivity index (χ0v) is 11.9. The van der Waals surface area contributed by atoms with E-state index in [1.165, 1.54) is 17.7 Å². The van der Waals surface area contributed by atoms with E-state index in [-0.39, 0.29) is 5.41 Å². The minimum Gasteiger partial charge on any atom is -0.326 e. The lowest BCUT2D eigenvalue weighted by Gasteiger charge is -2.19. The molecule has 1 saturated heterocycles. The SMILES string of the molecule is CC(C)(C)c1ccc(CCN2CC[C@H](N)C2)cc1. The van der Waals surface area contributed by atoms with Crippen LogP contribution in [0.3, 0.4) is 0 Å². The lowest BCUT2D eigenvalue weighted by Crippen LogP contribution is -2.28. The van der Waals surface area contributed by atoms with Crippen LogP contribution in [0.4, 0.5) is 0 Å². The Balaban J connectivity index is 1.87. The van der Waals surface area contributed by atoms with Gasteiger partial charge in [0.1, 0.15) is 0 Å². The summed E-state index contributed by atoms with van der Waals surface area (Å²) in [6.45, 7) is 10.2. The maximum atomic E-state index is 5.92. The Morgan fingerprint density at radius 1 is 1.22 bits per heavy atom. The molecule has 0 spiro atoms. The first-order chi connectivity index (χ1) is 8.45. The van der Waals surface area contributed by atoms with Crippen LogP contribution in [0.25, 0.3) is 0 Å². The fraction of sp³-hybridized carbons (Fsp3) is 0.625. The monoisotopic (exact) mass is 246 g/mol. The summed E-state index contributed by atoms with van der Waals surface area (Å²) in [6.07, 6.45) is 2.29. The van der Waals surface area contributed by atoms with Gasteiger partial charge in [-0.1, -0.05) is 45.0 Å². The second-order valence-corrected chi connectivity index (χ2v) is 6.55. The van der Waals surface area contributed by atoms with Gasteiger partial charge in [0.25, 0.3) is 0 Å². The third kappa shape index (κ3) is 3.56. The van der Waals surface area contributed by atoms with Crippen LogP contribution in [0.5, 0.6) is 0 Å². The minimum atomic E-state index is 0.250. The Bertz CT molecular complexity index is 375. The molecular formula is C16H26N2. The predicted octanol–water partition coefficient (Wildman–Crippen LogP) is 2.56. The van der Waals surface area contributed by atoms with Gasteiger partial charge in [0, 0.05) is 19.1 Å². The molecule has 0 bridgehead atoms. The number of benzene rings is 1. The van der Waals surface area contributed by atoms with E-state index in [2.05, 4.69) is 49.9 Å². The maximum Gasteiger partial charge on any atom is 0.0180 e. The summed E-state index contributed by atoms with van der Waals surface area (Å²) in [6, 6.07) is 9.48. The summed E-state index contributed by atoms with van der Waals surface area (Å²) in [5.41, 5.74) is 9.02. The predicted molar refractivity (Wildman–Crippen MR) is 77.9 cm³/mol. The minimum absolute atomic E-state index is 0.250. The van der Waals surface area contributed by atoms with Crippen LogP contribution in [0.15, 0.2) is 24.3 Å². The molecule has 2 heteroatoms. The van der Waals surface area contributed by atoms with Crippen LogP contribution in [-0.4, -0.2) is 30.6 Å². The standard InChI is InChI=1S/C16H26N2/c1-16(2,3)14-6-4-13(5-7-14)8-10-18-11-9-15(17)12-18/h4-7,15H,8-12,17H2,1-3H3/t15-/m0/s1. The lowest BCUT2D eigenvalue weighted by atomic mass is 9.86. The molecule has 0 unspecified atom stereocenters. The molecule has 2 nitrogen and oxygen atoms in total. The highest BCUT2D eigenvalue weighted by Gasteiger charge is 2.18.